The Balaban J connectivity index is 2.49. The molecule has 1 aliphatic heterocycles. The van der Waals surface area contributed by atoms with Crippen molar-refractivity contribution in [3.63, 3.8) is 0 Å². The van der Waals surface area contributed by atoms with E-state index in [1.54, 1.807) is 0 Å². The minimum Gasteiger partial charge on any atom is -0.355 e. The number of hydrogen-bond acceptors (Lipinski definition) is 3. The number of nitrogens with one attached hydrogen (secondary N) is 1. The van der Waals surface area contributed by atoms with Crippen LogP contribution in [0.2, 0.25) is 0 Å². The van der Waals surface area contributed by atoms with Crippen molar-refractivity contribution in [3.05, 3.63) is 4.91 Å². The fraction of sp³-hybridized carbons (Fsp3) is 0.857. The zero-order chi connectivity index (χ0) is 8.97. The quantitative estimate of drug-likeness (QED) is 0.620. The molecule has 1 atom stereocenters. The van der Waals surface area contributed by atoms with Gasteiger partial charge in [-0.05, 0) is 19.8 Å². The fourth-order valence-electron chi connectivity index (χ4n) is 1.41. The minimum absolute atomic E-state index is 0.0883. The second-order valence-corrected chi connectivity index (χ2v) is 2.80. The van der Waals surface area contributed by atoms with Crippen LogP contribution >= 0.6 is 0 Å². The first-order valence-corrected chi connectivity index (χ1v) is 4.17. The van der Waals surface area contributed by atoms with Crippen LogP contribution in [0.15, 0.2) is 5.29 Å². The summed E-state index contributed by atoms with van der Waals surface area (Å²) in [6.07, 6.45) is 1.60. The van der Waals surface area contributed by atoms with Gasteiger partial charge in [-0.2, -0.15) is 0 Å². The summed E-state index contributed by atoms with van der Waals surface area (Å²) in [4.78, 5) is 21.5. The van der Waals surface area contributed by atoms with Crippen LogP contribution in [-0.2, 0) is 4.79 Å². The number of hydrogen-bond donors (Lipinski definition) is 1. The summed E-state index contributed by atoms with van der Waals surface area (Å²) in [6, 6.07) is -0.331. The predicted octanol–water partition coefficient (Wildman–Crippen LogP) is 0.268. The van der Waals surface area contributed by atoms with E-state index in [2.05, 4.69) is 10.6 Å². The number of carbonyl (C=O) groups excluding carboxylic acids is 1. The van der Waals surface area contributed by atoms with Crippen molar-refractivity contribution in [2.24, 2.45) is 5.29 Å². The van der Waals surface area contributed by atoms with Crippen LogP contribution in [-0.4, -0.2) is 30.0 Å². The molecule has 1 heterocycles. The molecule has 1 amide bonds. The van der Waals surface area contributed by atoms with Gasteiger partial charge in [-0.3, -0.25) is 4.79 Å². The van der Waals surface area contributed by atoms with E-state index < -0.39 is 0 Å². The van der Waals surface area contributed by atoms with Gasteiger partial charge in [0.05, 0.1) is 5.29 Å². The maximum atomic E-state index is 11.3. The van der Waals surface area contributed by atoms with Crippen molar-refractivity contribution < 1.29 is 4.79 Å². The van der Waals surface area contributed by atoms with Gasteiger partial charge in [0.15, 0.2) is 0 Å². The molecule has 1 N–H and O–H groups in total. The van der Waals surface area contributed by atoms with Gasteiger partial charge in [0, 0.05) is 13.1 Å². The van der Waals surface area contributed by atoms with Crippen molar-refractivity contribution in [1.82, 2.24) is 10.3 Å². The van der Waals surface area contributed by atoms with Crippen molar-refractivity contribution in [3.8, 4) is 0 Å². The van der Waals surface area contributed by atoms with Crippen molar-refractivity contribution >= 4 is 5.91 Å². The Labute approximate surface area is 71.1 Å². The van der Waals surface area contributed by atoms with Crippen LogP contribution in [0.5, 0.6) is 0 Å². The Morgan fingerprint density at radius 2 is 2.50 bits per heavy atom. The van der Waals surface area contributed by atoms with Crippen LogP contribution in [0.4, 0.5) is 0 Å². The van der Waals surface area contributed by atoms with E-state index >= 15 is 0 Å². The first-order valence-electron chi connectivity index (χ1n) is 4.17. The lowest BCUT2D eigenvalue weighted by Crippen LogP contribution is -2.40. The number of amides is 1. The maximum Gasteiger partial charge on any atom is 0.244 e. The monoisotopic (exact) mass is 171 g/mol. The highest BCUT2D eigenvalue weighted by Crippen LogP contribution is 2.16. The topological polar surface area (TPSA) is 61.8 Å². The Hall–Kier alpha value is -1.13. The zero-order valence-corrected chi connectivity index (χ0v) is 7.12. The predicted molar refractivity (Wildman–Crippen MR) is 44.2 cm³/mol. The number of carbonyl (C=O) groups is 1. The molecule has 0 aromatic rings. The summed E-state index contributed by atoms with van der Waals surface area (Å²) in [6.45, 7) is 3.05. The van der Waals surface area contributed by atoms with Gasteiger partial charge in [0.1, 0.15) is 6.04 Å². The molecule has 0 bridgehead atoms. The van der Waals surface area contributed by atoms with Gasteiger partial charge in [0.2, 0.25) is 5.91 Å². The van der Waals surface area contributed by atoms with E-state index in [4.69, 9.17) is 0 Å². The highest BCUT2D eigenvalue weighted by molar-refractivity contribution is 5.81. The number of nitroso groups, excluding NO2 is 1. The van der Waals surface area contributed by atoms with E-state index in [1.807, 2.05) is 6.92 Å². The molecule has 68 valence electrons. The summed E-state index contributed by atoms with van der Waals surface area (Å²) in [5, 5.41) is 6.78. The van der Waals surface area contributed by atoms with Crippen LogP contribution in [0, 0.1) is 4.91 Å². The summed E-state index contributed by atoms with van der Waals surface area (Å²) < 4.78 is 0. The van der Waals surface area contributed by atoms with E-state index in [0.29, 0.717) is 13.1 Å². The Morgan fingerprint density at radius 1 is 1.75 bits per heavy atom. The van der Waals surface area contributed by atoms with Gasteiger partial charge in [-0.1, -0.05) is 0 Å². The largest absolute Gasteiger partial charge is 0.355 e. The minimum atomic E-state index is -0.331. The molecule has 0 radical (unpaired) electrons. The van der Waals surface area contributed by atoms with Crippen molar-refractivity contribution in [2.75, 3.05) is 13.1 Å². The molecule has 5 nitrogen and oxygen atoms in total. The van der Waals surface area contributed by atoms with Crippen LogP contribution in [0.3, 0.4) is 0 Å². The van der Waals surface area contributed by atoms with Crippen molar-refractivity contribution in [1.29, 1.82) is 0 Å². The smallest absolute Gasteiger partial charge is 0.244 e. The Morgan fingerprint density at radius 3 is 3.08 bits per heavy atom. The van der Waals surface area contributed by atoms with E-state index in [0.717, 1.165) is 12.8 Å². The van der Waals surface area contributed by atoms with Gasteiger partial charge in [-0.15, -0.1) is 4.91 Å². The Kier molecular flexibility index (Phi) is 3.01. The third kappa shape index (κ3) is 1.72. The van der Waals surface area contributed by atoms with Gasteiger partial charge in [-0.25, -0.2) is 5.01 Å². The first-order chi connectivity index (χ1) is 5.79. The molecule has 12 heavy (non-hydrogen) atoms. The molecule has 1 saturated heterocycles. The zero-order valence-electron chi connectivity index (χ0n) is 7.12. The third-order valence-corrected chi connectivity index (χ3v) is 1.98. The van der Waals surface area contributed by atoms with Gasteiger partial charge < -0.3 is 5.32 Å². The van der Waals surface area contributed by atoms with Crippen LogP contribution in [0.1, 0.15) is 19.8 Å². The standard InChI is InChI=1S/C7H13N3O2/c1-2-8-7(11)6-4-3-5-10(6)9-12/h6H,2-5H2,1H3,(H,8,11)/t6-/m0/s1. The highest BCUT2D eigenvalue weighted by atomic mass is 16.3. The van der Waals surface area contributed by atoms with Gasteiger partial charge >= 0.3 is 0 Å². The average Bonchev–Trinajstić information content (AvgIpc) is 2.51. The molecule has 0 aromatic carbocycles. The molecule has 1 rings (SSSR count). The summed E-state index contributed by atoms with van der Waals surface area (Å²) >= 11 is 0. The summed E-state index contributed by atoms with van der Waals surface area (Å²) in [5.41, 5.74) is 0. The fourth-order valence-corrected chi connectivity index (χ4v) is 1.41. The lowest BCUT2D eigenvalue weighted by Gasteiger charge is -2.16. The Bertz CT molecular complexity index is 183. The molecule has 0 saturated carbocycles. The van der Waals surface area contributed by atoms with E-state index in [9.17, 15) is 9.70 Å². The molecule has 0 spiro atoms. The molecule has 0 aromatic heterocycles. The molecule has 0 unspecified atom stereocenters. The number of likely N-dealkylation sites (N-methyl/N-ethyl adjacent to an activating group) is 1. The van der Waals surface area contributed by atoms with Gasteiger partial charge in [0.25, 0.3) is 0 Å². The molecular weight excluding hydrogens is 158 g/mol. The van der Waals surface area contributed by atoms with E-state index in [-0.39, 0.29) is 11.9 Å². The second kappa shape index (κ2) is 4.04. The molecular formula is C7H13N3O2. The van der Waals surface area contributed by atoms with Crippen LogP contribution < -0.4 is 5.32 Å². The SMILES string of the molecule is CCNC(=O)[C@@H]1CCCN1N=O. The normalized spacial score (nSPS) is 22.4. The highest BCUT2D eigenvalue weighted by Gasteiger charge is 2.30. The third-order valence-electron chi connectivity index (χ3n) is 1.98. The first kappa shape index (κ1) is 8.96. The summed E-state index contributed by atoms with van der Waals surface area (Å²) in [5.74, 6) is -0.0883. The average molecular weight is 171 g/mol. The van der Waals surface area contributed by atoms with Crippen LogP contribution in [0.25, 0.3) is 0 Å². The molecule has 1 aliphatic rings. The summed E-state index contributed by atoms with van der Waals surface area (Å²) in [7, 11) is 0. The lowest BCUT2D eigenvalue weighted by molar-refractivity contribution is -0.125. The number of nitrogens with zero attached hydrogens (tertiary/aromatic N) is 2. The maximum absolute atomic E-state index is 11.3. The molecule has 5 heteroatoms. The number of rotatable bonds is 3. The molecule has 0 aliphatic carbocycles. The van der Waals surface area contributed by atoms with Crippen molar-refractivity contribution in [2.45, 2.75) is 25.8 Å². The van der Waals surface area contributed by atoms with E-state index in [1.165, 1.54) is 5.01 Å². The molecule has 1 fully saturated rings. The lowest BCUT2D eigenvalue weighted by atomic mass is 10.2. The second-order valence-electron chi connectivity index (χ2n) is 2.80.